The monoisotopic (exact) mass is 828 g/mol. The molecule has 0 spiro atoms. The normalized spacial score (nSPS) is 12.2. The third-order valence-corrected chi connectivity index (χ3v) is 9.74. The molecule has 6 rings (SSSR count). The van der Waals surface area contributed by atoms with Crippen molar-refractivity contribution in [3.63, 3.8) is 0 Å². The van der Waals surface area contributed by atoms with Gasteiger partial charge in [0.1, 0.15) is 46.3 Å². The van der Waals surface area contributed by atoms with Crippen molar-refractivity contribution in [2.45, 2.75) is 73.4 Å². The van der Waals surface area contributed by atoms with Crippen LogP contribution in [-0.4, -0.2) is 69.2 Å². The van der Waals surface area contributed by atoms with Crippen LogP contribution in [0.25, 0.3) is 22.1 Å². The lowest BCUT2D eigenvalue weighted by Gasteiger charge is -2.12. The number of aryl methyl sites for hydroxylation is 2. The summed E-state index contributed by atoms with van der Waals surface area (Å²) in [7, 11) is 0. The maximum atomic E-state index is 13.2. The Hall–Kier alpha value is -5.86. The van der Waals surface area contributed by atoms with Gasteiger partial charge in [-0.2, -0.15) is 0 Å². The minimum Gasteiger partial charge on any atom is -0.481 e. The van der Waals surface area contributed by atoms with E-state index in [0.717, 1.165) is 33.7 Å². The third kappa shape index (κ3) is 12.8. The molecule has 14 heteroatoms. The minimum atomic E-state index is -0.808. The number of carbonyl (C=O) groups is 2. The van der Waals surface area contributed by atoms with E-state index in [-0.39, 0.29) is 23.5 Å². The van der Waals surface area contributed by atoms with E-state index in [1.165, 1.54) is 24.3 Å². The molecule has 12 nitrogen and oxygen atoms in total. The van der Waals surface area contributed by atoms with Crippen LogP contribution in [0.4, 0.5) is 8.78 Å². The van der Waals surface area contributed by atoms with E-state index in [1.54, 1.807) is 31.2 Å². The van der Waals surface area contributed by atoms with Gasteiger partial charge in [-0.05, 0) is 106 Å². The zero-order valence-corrected chi connectivity index (χ0v) is 34.9. The second-order valence-electron chi connectivity index (χ2n) is 14.1. The van der Waals surface area contributed by atoms with Gasteiger partial charge >= 0.3 is 11.9 Å². The van der Waals surface area contributed by atoms with Crippen LogP contribution < -0.4 is 9.47 Å². The number of hydrogen-bond acceptors (Lipinski definition) is 9. The molecule has 0 unspecified atom stereocenters. The Labute approximate surface area is 349 Å². The van der Waals surface area contributed by atoms with Gasteiger partial charge in [-0.25, -0.2) is 18.7 Å². The molecule has 0 saturated carbocycles. The first-order chi connectivity index (χ1) is 29.0. The number of carboxylic acids is 1. The Balaban J connectivity index is 0.000000228. The maximum absolute atomic E-state index is 13.2. The molecule has 0 amide bonds. The van der Waals surface area contributed by atoms with Gasteiger partial charge in [-0.1, -0.05) is 13.8 Å². The first kappa shape index (κ1) is 45.2. The van der Waals surface area contributed by atoms with E-state index >= 15 is 0 Å². The number of rotatable bonds is 21. The molecule has 0 bridgehead atoms. The molecule has 320 valence electrons. The molecule has 0 aliphatic heterocycles. The summed E-state index contributed by atoms with van der Waals surface area (Å²) in [5.74, 6) is 1.83. The van der Waals surface area contributed by atoms with E-state index in [1.807, 2.05) is 64.1 Å². The highest BCUT2D eigenvalue weighted by molar-refractivity contribution is 5.79. The number of imidazole rings is 2. The summed E-state index contributed by atoms with van der Waals surface area (Å²) in [6.07, 6.45) is 2.36. The smallest absolute Gasteiger partial charge is 0.308 e. The second-order valence-corrected chi connectivity index (χ2v) is 14.1. The summed E-state index contributed by atoms with van der Waals surface area (Å²) in [6.45, 7) is 13.3. The number of esters is 1. The Bertz CT molecular complexity index is 2290. The largest absolute Gasteiger partial charge is 0.481 e. The molecule has 4 aromatic carbocycles. The first-order valence-corrected chi connectivity index (χ1v) is 20.4. The molecule has 1 N–H and O–H groups in total. The standard InChI is InChI=1S/C24H29FN2O4.C22H25FN2O4/c1-4-29-15-14-27-22-16-20(31-19-9-7-18(25)8-10-19)11-12-21(22)26-23(27)13-6-17(3)24(28)30-5-2;1-3-28-13-12-25-20-14-18(29-17-7-5-16(23)6-8-17)9-10-19(20)24-21(25)11-4-15(2)22(26)27/h7-12,16-17H,4-6,13-15H2,1-3H3;5-10,14-15H,3-4,11-13H2,1-2H3,(H,26,27)/t17-;15-/m11/s1. The average molecular weight is 829 g/mol. The zero-order chi connectivity index (χ0) is 43.0. The summed E-state index contributed by atoms with van der Waals surface area (Å²) in [5, 5.41) is 9.15. The van der Waals surface area contributed by atoms with Crippen LogP contribution in [-0.2, 0) is 49.7 Å². The molecule has 0 aliphatic carbocycles. The number of hydrogen-bond donors (Lipinski definition) is 1. The second kappa shape index (κ2) is 22.5. The van der Waals surface area contributed by atoms with Crippen molar-refractivity contribution < 1.29 is 47.2 Å². The predicted octanol–water partition coefficient (Wildman–Crippen LogP) is 9.79. The van der Waals surface area contributed by atoms with Crippen LogP contribution in [0.2, 0.25) is 0 Å². The molecule has 60 heavy (non-hydrogen) atoms. The number of halogens is 2. The minimum absolute atomic E-state index is 0.186. The van der Waals surface area contributed by atoms with Crippen molar-refractivity contribution >= 4 is 34.0 Å². The van der Waals surface area contributed by atoms with Gasteiger partial charge in [0.15, 0.2) is 0 Å². The van der Waals surface area contributed by atoms with Crippen LogP contribution >= 0.6 is 0 Å². The number of carbonyl (C=O) groups excluding carboxylic acids is 1. The molecular weight excluding hydrogens is 775 g/mol. The van der Waals surface area contributed by atoms with Gasteiger partial charge in [-0.3, -0.25) is 9.59 Å². The predicted molar refractivity (Wildman–Crippen MR) is 225 cm³/mol. The van der Waals surface area contributed by atoms with Crippen molar-refractivity contribution in [1.82, 2.24) is 19.1 Å². The number of aliphatic carboxylic acids is 1. The van der Waals surface area contributed by atoms with E-state index in [4.69, 9.17) is 38.8 Å². The average Bonchev–Trinajstić information content (AvgIpc) is 3.77. The molecule has 6 aromatic rings. The van der Waals surface area contributed by atoms with E-state index in [2.05, 4.69) is 9.13 Å². The van der Waals surface area contributed by atoms with Crippen LogP contribution in [0.1, 0.15) is 59.1 Å². The van der Waals surface area contributed by atoms with Crippen LogP contribution in [0, 0.1) is 23.5 Å². The summed E-state index contributed by atoms with van der Waals surface area (Å²) in [5.41, 5.74) is 3.48. The van der Waals surface area contributed by atoms with Gasteiger partial charge in [-0.15, -0.1) is 0 Å². The molecular formula is C46H54F2N4O8. The van der Waals surface area contributed by atoms with Crippen molar-refractivity contribution in [1.29, 1.82) is 0 Å². The van der Waals surface area contributed by atoms with Crippen LogP contribution in [0.3, 0.4) is 0 Å². The van der Waals surface area contributed by atoms with Gasteiger partial charge in [0, 0.05) is 51.3 Å². The van der Waals surface area contributed by atoms with Crippen molar-refractivity contribution in [2.24, 2.45) is 11.8 Å². The summed E-state index contributed by atoms with van der Waals surface area (Å²) in [4.78, 5) is 32.6. The molecule has 0 fully saturated rings. The Kier molecular flexibility index (Phi) is 17.0. The van der Waals surface area contributed by atoms with E-state index in [0.29, 0.717) is 94.8 Å². The van der Waals surface area contributed by atoms with Gasteiger partial charge in [0.05, 0.1) is 53.7 Å². The number of ether oxygens (including phenoxy) is 5. The van der Waals surface area contributed by atoms with Gasteiger partial charge in [0.25, 0.3) is 0 Å². The third-order valence-electron chi connectivity index (χ3n) is 9.74. The molecule has 2 atom stereocenters. The van der Waals surface area contributed by atoms with E-state index in [9.17, 15) is 18.4 Å². The number of aromatic nitrogens is 4. The van der Waals surface area contributed by atoms with Crippen LogP contribution in [0.15, 0.2) is 84.9 Å². The SMILES string of the molecule is CCOCCn1c(CC[C@@H](C)C(=O)O)nc2ccc(Oc3ccc(F)cc3)cc21.CCOCCn1c(CC[C@@H](C)C(=O)OCC)nc2ccc(Oc3ccc(F)cc3)cc21. The number of fused-ring (bicyclic) bond motifs is 2. The lowest BCUT2D eigenvalue weighted by atomic mass is 10.1. The fourth-order valence-electron chi connectivity index (χ4n) is 6.41. The lowest BCUT2D eigenvalue weighted by Crippen LogP contribution is -2.17. The fourth-order valence-corrected chi connectivity index (χ4v) is 6.41. The van der Waals surface area contributed by atoms with Crippen molar-refractivity contribution in [3.05, 3.63) is 108 Å². The Morgan fingerprint density at radius 2 is 1.03 bits per heavy atom. The van der Waals surface area contributed by atoms with Gasteiger partial charge < -0.3 is 37.9 Å². The van der Waals surface area contributed by atoms with Gasteiger partial charge in [0.2, 0.25) is 0 Å². The quantitative estimate of drug-likeness (QED) is 0.0552. The van der Waals surface area contributed by atoms with E-state index < -0.39 is 11.9 Å². The summed E-state index contributed by atoms with van der Waals surface area (Å²) < 4.78 is 58.3. The highest BCUT2D eigenvalue weighted by Crippen LogP contribution is 2.29. The number of benzene rings is 4. The fraction of sp³-hybridized carbons (Fsp3) is 0.391. The highest BCUT2D eigenvalue weighted by atomic mass is 19.1. The molecule has 0 radical (unpaired) electrons. The summed E-state index contributed by atoms with van der Waals surface area (Å²) in [6, 6.07) is 23.0. The van der Waals surface area contributed by atoms with Crippen molar-refractivity contribution in [2.75, 3.05) is 33.0 Å². The highest BCUT2D eigenvalue weighted by Gasteiger charge is 2.19. The molecule has 2 aromatic heterocycles. The lowest BCUT2D eigenvalue weighted by molar-refractivity contribution is -0.147. The zero-order valence-electron chi connectivity index (χ0n) is 34.9. The number of carboxylic acid groups (broad SMARTS) is 1. The Morgan fingerprint density at radius 3 is 1.43 bits per heavy atom. The molecule has 0 aliphatic rings. The maximum Gasteiger partial charge on any atom is 0.308 e. The van der Waals surface area contributed by atoms with Crippen molar-refractivity contribution in [3.8, 4) is 23.0 Å². The Morgan fingerprint density at radius 1 is 0.617 bits per heavy atom. The summed E-state index contributed by atoms with van der Waals surface area (Å²) >= 11 is 0. The number of nitrogens with zero attached hydrogens (tertiary/aromatic N) is 4. The molecule has 2 heterocycles. The molecule has 0 saturated heterocycles. The topological polar surface area (TPSA) is 136 Å². The van der Waals surface area contributed by atoms with Crippen LogP contribution in [0.5, 0.6) is 23.0 Å². The first-order valence-electron chi connectivity index (χ1n) is 20.4.